The van der Waals surface area contributed by atoms with E-state index in [1.165, 1.54) is 17.5 Å². The smallest absolute Gasteiger partial charge is 0.318 e. The van der Waals surface area contributed by atoms with Gasteiger partial charge >= 0.3 is 6.01 Å². The zero-order valence-corrected chi connectivity index (χ0v) is 20.9. The van der Waals surface area contributed by atoms with E-state index < -0.39 is 5.41 Å². The van der Waals surface area contributed by atoms with Crippen molar-refractivity contribution in [2.24, 2.45) is 0 Å². The number of likely N-dealkylation sites (tertiary alicyclic amines) is 1. The highest BCUT2D eigenvalue weighted by Gasteiger charge is 2.50. The highest BCUT2D eigenvalue weighted by Crippen LogP contribution is 2.48. The minimum atomic E-state index is -0.561. The first-order chi connectivity index (χ1) is 17.1. The Morgan fingerprint density at radius 1 is 1.11 bits per heavy atom. The summed E-state index contributed by atoms with van der Waals surface area (Å²) >= 11 is 0. The molecular weight excluding hydrogens is 440 g/mol. The Balaban J connectivity index is 1.42. The molecule has 4 aliphatic rings. The highest BCUT2D eigenvalue weighted by molar-refractivity contribution is 6.06. The summed E-state index contributed by atoms with van der Waals surface area (Å²) in [5, 5.41) is 3.42. The monoisotopic (exact) mass is 476 g/mol. The largest absolute Gasteiger partial charge is 0.462 e. The maximum absolute atomic E-state index is 14.1. The number of aryl methyl sites for hydroxylation is 1. The summed E-state index contributed by atoms with van der Waals surface area (Å²) in [4.78, 5) is 30.4. The molecule has 2 saturated heterocycles. The lowest BCUT2D eigenvalue weighted by atomic mass is 9.65. The number of rotatable bonds is 4. The normalized spacial score (nSPS) is 26.7. The van der Waals surface area contributed by atoms with Gasteiger partial charge in [-0.15, -0.1) is 0 Å². The summed E-state index contributed by atoms with van der Waals surface area (Å²) in [6, 6.07) is 9.32. The van der Waals surface area contributed by atoms with Crippen LogP contribution in [-0.2, 0) is 23.1 Å². The predicted octanol–water partition coefficient (Wildman–Crippen LogP) is 2.15. The lowest BCUT2D eigenvalue weighted by molar-refractivity contribution is -0.125. The molecular formula is C27H36N6O2. The molecule has 8 nitrogen and oxygen atoms in total. The Morgan fingerprint density at radius 3 is 2.74 bits per heavy atom. The number of likely N-dealkylation sites (N-methyl/N-ethyl adjacent to an activating group) is 2. The molecule has 186 valence electrons. The SMILES string of the molecule is CN1C(=O)C2(CCCc3ccccc32)Cc2nc(OC[C@@H]3CCCN3C)nc(N3CCNCC3)c21. The molecule has 1 aromatic carbocycles. The first-order valence-corrected chi connectivity index (χ1v) is 13.1. The number of fused-ring (bicyclic) bond motifs is 3. The molecule has 0 radical (unpaired) electrons. The second kappa shape index (κ2) is 9.06. The molecule has 8 heteroatoms. The van der Waals surface area contributed by atoms with Gasteiger partial charge in [-0.25, -0.2) is 0 Å². The zero-order chi connectivity index (χ0) is 24.0. The van der Waals surface area contributed by atoms with E-state index in [4.69, 9.17) is 14.7 Å². The van der Waals surface area contributed by atoms with Gasteiger partial charge in [-0.3, -0.25) is 4.79 Å². The molecule has 1 N–H and O–H groups in total. The summed E-state index contributed by atoms with van der Waals surface area (Å²) in [6.45, 7) is 5.21. The number of piperazine rings is 1. The first-order valence-electron chi connectivity index (χ1n) is 13.1. The van der Waals surface area contributed by atoms with Crippen molar-refractivity contribution in [2.75, 3.05) is 63.2 Å². The van der Waals surface area contributed by atoms with Gasteiger partial charge in [0.25, 0.3) is 0 Å². The quantitative estimate of drug-likeness (QED) is 0.725. The van der Waals surface area contributed by atoms with Gasteiger partial charge in [0.2, 0.25) is 5.91 Å². The number of hydrogen-bond donors (Lipinski definition) is 1. The number of ether oxygens (including phenoxy) is 1. The summed E-state index contributed by atoms with van der Waals surface area (Å²) in [6.07, 6.45) is 5.84. The third kappa shape index (κ3) is 3.87. The van der Waals surface area contributed by atoms with Crippen molar-refractivity contribution in [2.45, 2.75) is 50.0 Å². The fourth-order valence-electron chi connectivity index (χ4n) is 6.57. The Kier molecular flexibility index (Phi) is 5.89. The molecule has 3 aliphatic heterocycles. The molecule has 2 aromatic rings. The predicted molar refractivity (Wildman–Crippen MR) is 136 cm³/mol. The van der Waals surface area contributed by atoms with Crippen LogP contribution in [0.1, 0.15) is 42.5 Å². The summed E-state index contributed by atoms with van der Waals surface area (Å²) in [5.41, 5.74) is 3.69. The molecule has 1 spiro atoms. The number of nitrogens with one attached hydrogen (secondary N) is 1. The van der Waals surface area contributed by atoms with Crippen LogP contribution in [0.5, 0.6) is 6.01 Å². The van der Waals surface area contributed by atoms with Crippen molar-refractivity contribution in [1.29, 1.82) is 0 Å². The van der Waals surface area contributed by atoms with E-state index in [0.717, 1.165) is 75.6 Å². The van der Waals surface area contributed by atoms with E-state index in [-0.39, 0.29) is 5.91 Å². The zero-order valence-electron chi connectivity index (χ0n) is 20.9. The lowest BCUT2D eigenvalue weighted by Gasteiger charge is -2.45. The van der Waals surface area contributed by atoms with Gasteiger partial charge in [-0.1, -0.05) is 24.3 Å². The van der Waals surface area contributed by atoms with Crippen LogP contribution >= 0.6 is 0 Å². The van der Waals surface area contributed by atoms with E-state index in [9.17, 15) is 4.79 Å². The van der Waals surface area contributed by atoms with Crippen LogP contribution in [0.4, 0.5) is 11.5 Å². The Bertz CT molecular complexity index is 1120. The third-order valence-corrected chi connectivity index (χ3v) is 8.51. The first kappa shape index (κ1) is 22.7. The summed E-state index contributed by atoms with van der Waals surface area (Å²) in [7, 11) is 4.06. The van der Waals surface area contributed by atoms with Gasteiger partial charge in [0.05, 0.1) is 11.1 Å². The molecule has 35 heavy (non-hydrogen) atoms. The molecule has 6 rings (SSSR count). The highest BCUT2D eigenvalue weighted by atomic mass is 16.5. The van der Waals surface area contributed by atoms with E-state index in [2.05, 4.69) is 46.4 Å². The van der Waals surface area contributed by atoms with E-state index in [1.54, 1.807) is 0 Å². The second-order valence-corrected chi connectivity index (χ2v) is 10.6. The Hall–Kier alpha value is -2.71. The topological polar surface area (TPSA) is 73.8 Å². The average molecular weight is 477 g/mol. The van der Waals surface area contributed by atoms with Crippen molar-refractivity contribution in [1.82, 2.24) is 20.2 Å². The van der Waals surface area contributed by atoms with E-state index in [1.807, 2.05) is 11.9 Å². The van der Waals surface area contributed by atoms with E-state index in [0.29, 0.717) is 25.1 Å². The number of carbonyl (C=O) groups is 1. The molecule has 1 aliphatic carbocycles. The molecule has 0 saturated carbocycles. The third-order valence-electron chi connectivity index (χ3n) is 8.51. The molecule has 2 atom stereocenters. The molecule has 1 aromatic heterocycles. The van der Waals surface area contributed by atoms with Crippen molar-refractivity contribution >= 4 is 17.4 Å². The number of nitrogens with zero attached hydrogens (tertiary/aromatic N) is 5. The van der Waals surface area contributed by atoms with Gasteiger partial charge in [0, 0.05) is 45.7 Å². The van der Waals surface area contributed by atoms with Crippen molar-refractivity contribution in [3.8, 4) is 6.01 Å². The number of carbonyl (C=O) groups excluding carboxylic acids is 1. The lowest BCUT2D eigenvalue weighted by Crippen LogP contribution is -2.53. The minimum absolute atomic E-state index is 0.165. The van der Waals surface area contributed by atoms with E-state index >= 15 is 0 Å². The van der Waals surface area contributed by atoms with Gasteiger partial charge in [0.15, 0.2) is 5.82 Å². The van der Waals surface area contributed by atoms with Crippen molar-refractivity contribution < 1.29 is 9.53 Å². The molecule has 0 bridgehead atoms. The maximum Gasteiger partial charge on any atom is 0.318 e. The minimum Gasteiger partial charge on any atom is -0.462 e. The van der Waals surface area contributed by atoms with Gasteiger partial charge in [-0.2, -0.15) is 9.97 Å². The average Bonchev–Trinajstić information content (AvgIpc) is 3.31. The van der Waals surface area contributed by atoms with Crippen LogP contribution in [-0.4, -0.2) is 80.2 Å². The van der Waals surface area contributed by atoms with Crippen molar-refractivity contribution in [3.05, 3.63) is 41.1 Å². The van der Waals surface area contributed by atoms with Crippen LogP contribution in [0.3, 0.4) is 0 Å². The fraction of sp³-hybridized carbons (Fsp3) is 0.593. The maximum atomic E-state index is 14.1. The van der Waals surface area contributed by atoms with Crippen LogP contribution in [0, 0.1) is 0 Å². The van der Waals surface area contributed by atoms with Crippen molar-refractivity contribution in [3.63, 3.8) is 0 Å². The standard InChI is InChI=1S/C27H36N6O2/c1-31-14-6-9-20(31)18-35-26-29-22-17-27(11-5-8-19-7-3-4-10-21(19)27)25(34)32(2)23(22)24(30-26)33-15-12-28-13-16-33/h3-4,7,10,20,28H,5-6,8-9,11-18H2,1-2H3/t20-,27?/m0/s1. The van der Waals surface area contributed by atoms with Gasteiger partial charge in [0.1, 0.15) is 12.3 Å². The molecule has 1 amide bonds. The second-order valence-electron chi connectivity index (χ2n) is 10.6. The van der Waals surface area contributed by atoms with Crippen LogP contribution in [0.15, 0.2) is 24.3 Å². The number of anilines is 2. The van der Waals surface area contributed by atoms with Crippen LogP contribution in [0.25, 0.3) is 0 Å². The molecule has 4 heterocycles. The Morgan fingerprint density at radius 2 is 1.94 bits per heavy atom. The summed E-state index contributed by atoms with van der Waals surface area (Å²) in [5.74, 6) is 0.999. The number of amides is 1. The summed E-state index contributed by atoms with van der Waals surface area (Å²) < 4.78 is 6.26. The number of hydrogen-bond acceptors (Lipinski definition) is 7. The van der Waals surface area contributed by atoms with Gasteiger partial charge in [-0.05, 0) is 56.8 Å². The number of aromatic nitrogens is 2. The Labute approximate surface area is 207 Å². The number of benzene rings is 1. The molecule has 1 unspecified atom stereocenters. The van der Waals surface area contributed by atoms with Gasteiger partial charge < -0.3 is 24.8 Å². The van der Waals surface area contributed by atoms with Crippen LogP contribution in [0.2, 0.25) is 0 Å². The fourth-order valence-corrected chi connectivity index (χ4v) is 6.57. The van der Waals surface area contributed by atoms with Crippen LogP contribution < -0.4 is 19.9 Å². The molecule has 2 fully saturated rings.